The van der Waals surface area contributed by atoms with Crippen LogP contribution in [0.2, 0.25) is 0 Å². The summed E-state index contributed by atoms with van der Waals surface area (Å²) in [4.78, 5) is 0. The lowest BCUT2D eigenvalue weighted by molar-refractivity contribution is 0.924. The van der Waals surface area contributed by atoms with Crippen molar-refractivity contribution in [2.24, 2.45) is 0 Å². The quantitative estimate of drug-likeness (QED) is 0.623. The molecule has 1 aromatic rings. The Morgan fingerprint density at radius 1 is 1.60 bits per heavy atom. The first-order valence-electron chi connectivity index (χ1n) is 4.93. The van der Waals surface area contributed by atoms with E-state index in [4.69, 9.17) is 9.85 Å². The summed E-state index contributed by atoms with van der Waals surface area (Å²) in [7, 11) is 0. The molecule has 1 rings (SSSR count). The van der Waals surface area contributed by atoms with Crippen LogP contribution in [0.3, 0.4) is 0 Å². The van der Waals surface area contributed by atoms with Crippen molar-refractivity contribution in [3.05, 3.63) is 29.8 Å². The molecule has 0 aliphatic rings. The smallest absolute Gasteiger partial charge is 0.0645 e. The Balaban J connectivity index is 3.24. The maximum absolute atomic E-state index is 7.47. The fourth-order valence-corrected chi connectivity index (χ4v) is 0.861. The third-order valence-corrected chi connectivity index (χ3v) is 1.38. The van der Waals surface area contributed by atoms with Gasteiger partial charge >= 0.3 is 0 Å². The van der Waals surface area contributed by atoms with Crippen molar-refractivity contribution in [1.29, 1.82) is 0 Å². The molecule has 54 valence electrons. The molecule has 1 heteroatoms. The van der Waals surface area contributed by atoms with E-state index in [0.29, 0.717) is 5.69 Å². The third-order valence-electron chi connectivity index (χ3n) is 1.38. The van der Waals surface area contributed by atoms with Crippen molar-refractivity contribution in [3.63, 3.8) is 0 Å². The molecule has 0 bridgehead atoms. The lowest BCUT2D eigenvalue weighted by Crippen LogP contribution is -1.92. The molecule has 0 aromatic heterocycles. The van der Waals surface area contributed by atoms with Gasteiger partial charge in [-0.1, -0.05) is 31.5 Å². The van der Waals surface area contributed by atoms with Crippen molar-refractivity contribution in [3.8, 4) is 0 Å². The van der Waals surface area contributed by atoms with Gasteiger partial charge < -0.3 is 5.73 Å². The van der Waals surface area contributed by atoms with E-state index in [9.17, 15) is 0 Å². The molecule has 0 heterocycles. The molecule has 10 heavy (non-hydrogen) atoms. The van der Waals surface area contributed by atoms with Crippen LogP contribution in [0.5, 0.6) is 0 Å². The zero-order valence-corrected chi connectivity index (χ0v) is 6.07. The first-order chi connectivity index (χ1) is 6.07. The Morgan fingerprint density at radius 3 is 3.10 bits per heavy atom. The average molecular weight is 138 g/mol. The SMILES string of the molecule is [2H]c1cc(CCC)c(N)c([2H])c1[2H]. The van der Waals surface area contributed by atoms with Gasteiger partial charge in [0.1, 0.15) is 0 Å². The van der Waals surface area contributed by atoms with Gasteiger partial charge in [0.25, 0.3) is 0 Å². The second-order valence-electron chi connectivity index (χ2n) is 2.23. The molecule has 0 aliphatic heterocycles. The largest absolute Gasteiger partial charge is 0.399 e. The Kier molecular flexibility index (Phi) is 1.31. The van der Waals surface area contributed by atoms with Gasteiger partial charge in [-0.15, -0.1) is 0 Å². The number of nitrogen functional groups attached to an aromatic ring is 1. The predicted molar refractivity (Wildman–Crippen MR) is 44.8 cm³/mol. The Morgan fingerprint density at radius 2 is 2.40 bits per heavy atom. The highest BCUT2D eigenvalue weighted by molar-refractivity contribution is 5.46. The lowest BCUT2D eigenvalue weighted by Gasteiger charge is -2.01. The van der Waals surface area contributed by atoms with Gasteiger partial charge in [-0.2, -0.15) is 0 Å². The molecule has 0 atom stereocenters. The zero-order chi connectivity index (χ0) is 10.0. The summed E-state index contributed by atoms with van der Waals surface area (Å²) >= 11 is 0. The number of hydrogen-bond donors (Lipinski definition) is 1. The number of aryl methyl sites for hydroxylation is 1. The van der Waals surface area contributed by atoms with E-state index >= 15 is 0 Å². The minimum atomic E-state index is -0.0858. The summed E-state index contributed by atoms with van der Waals surface area (Å²) in [6.45, 7) is 2.02. The number of rotatable bonds is 2. The standard InChI is InChI=1S/C9H13N/c1-2-5-8-6-3-4-7-9(8)10/h3-4,6-7H,2,5,10H2,1H3/i3D,4D,7D. The lowest BCUT2D eigenvalue weighted by atomic mass is 10.1. The summed E-state index contributed by atoms with van der Waals surface area (Å²) in [5.74, 6) is 0. The molecule has 0 saturated carbocycles. The van der Waals surface area contributed by atoms with Gasteiger partial charge in [-0.25, -0.2) is 0 Å². The van der Waals surface area contributed by atoms with Gasteiger partial charge in [0.2, 0.25) is 0 Å². The maximum Gasteiger partial charge on any atom is 0.0645 e. The molecular weight excluding hydrogens is 122 g/mol. The van der Waals surface area contributed by atoms with Gasteiger partial charge in [0, 0.05) is 5.69 Å². The molecule has 0 spiro atoms. The number of benzene rings is 1. The van der Waals surface area contributed by atoms with Crippen LogP contribution in [0.1, 0.15) is 23.0 Å². The van der Waals surface area contributed by atoms with Crippen molar-refractivity contribution in [1.82, 2.24) is 0 Å². The van der Waals surface area contributed by atoms with E-state index < -0.39 is 0 Å². The molecule has 0 unspecified atom stereocenters. The molecule has 0 radical (unpaired) electrons. The normalized spacial score (nSPS) is 13.9. The summed E-state index contributed by atoms with van der Waals surface area (Å²) in [5, 5.41) is 0. The maximum atomic E-state index is 7.47. The van der Waals surface area contributed by atoms with Gasteiger partial charge in [0.05, 0.1) is 4.11 Å². The van der Waals surface area contributed by atoms with Crippen molar-refractivity contribution < 1.29 is 4.11 Å². The van der Waals surface area contributed by atoms with Crippen LogP contribution in [-0.4, -0.2) is 0 Å². The van der Waals surface area contributed by atoms with E-state index in [1.54, 1.807) is 6.07 Å². The number of hydrogen-bond acceptors (Lipinski definition) is 1. The predicted octanol–water partition coefficient (Wildman–Crippen LogP) is 2.22. The number of nitrogens with two attached hydrogens (primary N) is 1. The van der Waals surface area contributed by atoms with Gasteiger partial charge in [0.15, 0.2) is 0 Å². The number of anilines is 1. The molecule has 0 aliphatic carbocycles. The Bertz CT molecular complexity index is 323. The topological polar surface area (TPSA) is 26.0 Å². The second kappa shape index (κ2) is 3.25. The number of para-hydroxylation sites is 1. The molecule has 1 aromatic carbocycles. The molecule has 0 saturated heterocycles. The summed E-state index contributed by atoms with van der Waals surface area (Å²) in [5.41, 5.74) is 6.81. The van der Waals surface area contributed by atoms with Crippen molar-refractivity contribution >= 4 is 5.69 Å². The van der Waals surface area contributed by atoms with Crippen molar-refractivity contribution in [2.45, 2.75) is 19.8 Å². The molecule has 0 amide bonds. The summed E-state index contributed by atoms with van der Waals surface area (Å²) < 4.78 is 22.2. The third kappa shape index (κ3) is 1.50. The van der Waals surface area contributed by atoms with Crippen LogP contribution >= 0.6 is 0 Å². The summed E-state index contributed by atoms with van der Waals surface area (Å²) in [6, 6.07) is 1.56. The van der Waals surface area contributed by atoms with E-state index in [1.165, 1.54) is 0 Å². The molecule has 0 fully saturated rings. The first kappa shape index (κ1) is 4.02. The molecule has 1 nitrogen and oxygen atoms in total. The highest BCUT2D eigenvalue weighted by atomic mass is 14.6. The molecule has 2 N–H and O–H groups in total. The first-order valence-corrected chi connectivity index (χ1v) is 3.43. The van der Waals surface area contributed by atoms with Crippen LogP contribution in [0.25, 0.3) is 0 Å². The highest BCUT2D eigenvalue weighted by Crippen LogP contribution is 2.11. The van der Waals surface area contributed by atoms with Crippen LogP contribution in [-0.2, 0) is 6.42 Å². The Hall–Kier alpha value is -0.980. The van der Waals surface area contributed by atoms with Crippen LogP contribution < -0.4 is 5.73 Å². The minimum Gasteiger partial charge on any atom is -0.399 e. The van der Waals surface area contributed by atoms with Crippen LogP contribution in [0.4, 0.5) is 5.69 Å². The van der Waals surface area contributed by atoms with E-state index in [-0.39, 0.29) is 18.1 Å². The van der Waals surface area contributed by atoms with Gasteiger partial charge in [-0.3, -0.25) is 0 Å². The monoisotopic (exact) mass is 138 g/mol. The Labute approximate surface area is 66.1 Å². The van der Waals surface area contributed by atoms with Gasteiger partial charge in [-0.05, 0) is 18.0 Å². The van der Waals surface area contributed by atoms with Crippen LogP contribution in [0, 0.1) is 0 Å². The highest BCUT2D eigenvalue weighted by Gasteiger charge is 1.93. The van der Waals surface area contributed by atoms with E-state index in [1.807, 2.05) is 6.92 Å². The van der Waals surface area contributed by atoms with Crippen molar-refractivity contribution in [2.75, 3.05) is 5.73 Å². The fraction of sp³-hybridized carbons (Fsp3) is 0.333. The average Bonchev–Trinajstić information content (AvgIpc) is 2.11. The molecular formula is C9H13N. The second-order valence-corrected chi connectivity index (χ2v) is 2.23. The zero-order valence-electron chi connectivity index (χ0n) is 9.07. The van der Waals surface area contributed by atoms with Crippen LogP contribution in [0.15, 0.2) is 24.2 Å². The van der Waals surface area contributed by atoms with E-state index in [2.05, 4.69) is 0 Å². The fourth-order valence-electron chi connectivity index (χ4n) is 0.861. The van der Waals surface area contributed by atoms with E-state index in [0.717, 1.165) is 18.4 Å². The minimum absolute atomic E-state index is 0.0176. The summed E-state index contributed by atoms with van der Waals surface area (Å²) in [6.07, 6.45) is 1.70.